The molecule has 1 atom stereocenters. The number of sulfonamides is 1. The van der Waals surface area contributed by atoms with E-state index in [0.717, 1.165) is 10.6 Å². The average molecular weight is 535 g/mol. The standard InChI is InChI=1S/C22H26Cl3N3O4S/c1-4-19(22(30)26-5-2)27(13-15-8-6-7-9-17(15)24)21(29)14-28(33(3,31)32)20-11-10-16(23)12-18(20)25/h6-12,19H,4-5,13-14H2,1-3H3,(H,26,30)/t19-/m1/s1. The van der Waals surface area contributed by atoms with Crippen LogP contribution in [0.1, 0.15) is 25.8 Å². The Labute approximate surface area is 209 Å². The molecule has 0 unspecified atom stereocenters. The van der Waals surface area contributed by atoms with E-state index in [2.05, 4.69) is 5.32 Å². The predicted octanol–water partition coefficient (Wildman–Crippen LogP) is 4.36. The molecule has 0 saturated heterocycles. The fourth-order valence-electron chi connectivity index (χ4n) is 3.30. The minimum Gasteiger partial charge on any atom is -0.355 e. The van der Waals surface area contributed by atoms with Crippen LogP contribution in [0.5, 0.6) is 0 Å². The summed E-state index contributed by atoms with van der Waals surface area (Å²) in [4.78, 5) is 27.6. The first-order valence-electron chi connectivity index (χ1n) is 10.2. The molecule has 7 nitrogen and oxygen atoms in total. The van der Waals surface area contributed by atoms with Crippen molar-refractivity contribution >= 4 is 62.3 Å². The fraction of sp³-hybridized carbons (Fsp3) is 0.364. The summed E-state index contributed by atoms with van der Waals surface area (Å²) in [5.41, 5.74) is 0.742. The molecule has 0 aliphatic carbocycles. The van der Waals surface area contributed by atoms with Crippen LogP contribution < -0.4 is 9.62 Å². The summed E-state index contributed by atoms with van der Waals surface area (Å²) in [5, 5.41) is 3.56. The molecule has 0 heterocycles. The van der Waals surface area contributed by atoms with Crippen molar-refractivity contribution in [1.82, 2.24) is 10.2 Å². The van der Waals surface area contributed by atoms with Gasteiger partial charge in [0, 0.05) is 23.1 Å². The first-order valence-corrected chi connectivity index (χ1v) is 13.2. The van der Waals surface area contributed by atoms with Gasteiger partial charge in [0.15, 0.2) is 0 Å². The molecule has 0 aliphatic rings. The van der Waals surface area contributed by atoms with Crippen LogP contribution in [0.15, 0.2) is 42.5 Å². The van der Waals surface area contributed by atoms with Crippen molar-refractivity contribution in [3.8, 4) is 0 Å². The molecule has 2 aromatic carbocycles. The van der Waals surface area contributed by atoms with E-state index in [1.165, 1.54) is 23.1 Å². The highest BCUT2D eigenvalue weighted by Gasteiger charge is 2.32. The number of hydrogen-bond acceptors (Lipinski definition) is 4. The zero-order valence-corrected chi connectivity index (χ0v) is 21.6. The van der Waals surface area contributed by atoms with E-state index < -0.39 is 28.5 Å². The van der Waals surface area contributed by atoms with Gasteiger partial charge in [0.25, 0.3) is 0 Å². The lowest BCUT2D eigenvalue weighted by Gasteiger charge is -2.33. The first kappa shape index (κ1) is 27.2. The van der Waals surface area contributed by atoms with E-state index >= 15 is 0 Å². The van der Waals surface area contributed by atoms with Gasteiger partial charge in [-0.1, -0.05) is 59.9 Å². The maximum Gasteiger partial charge on any atom is 0.244 e. The number of carbonyl (C=O) groups excluding carboxylic acids is 2. The first-order chi connectivity index (χ1) is 15.5. The van der Waals surface area contributed by atoms with E-state index in [4.69, 9.17) is 34.8 Å². The van der Waals surface area contributed by atoms with Crippen LogP contribution in [-0.2, 0) is 26.2 Å². The van der Waals surface area contributed by atoms with Gasteiger partial charge in [-0.2, -0.15) is 0 Å². The third-order valence-electron chi connectivity index (χ3n) is 4.89. The van der Waals surface area contributed by atoms with Crippen molar-refractivity contribution in [3.05, 3.63) is 63.1 Å². The van der Waals surface area contributed by atoms with Crippen molar-refractivity contribution in [3.63, 3.8) is 0 Å². The molecule has 0 spiro atoms. The Morgan fingerprint density at radius 2 is 1.70 bits per heavy atom. The molecule has 0 radical (unpaired) electrons. The number of rotatable bonds is 10. The molecule has 0 aliphatic heterocycles. The largest absolute Gasteiger partial charge is 0.355 e. The van der Waals surface area contributed by atoms with E-state index in [0.29, 0.717) is 28.6 Å². The van der Waals surface area contributed by atoms with Crippen LogP contribution in [0.3, 0.4) is 0 Å². The highest BCUT2D eigenvalue weighted by Crippen LogP contribution is 2.30. The SMILES string of the molecule is CCNC(=O)[C@@H](CC)N(Cc1ccccc1Cl)C(=O)CN(c1ccc(Cl)cc1Cl)S(C)(=O)=O. The van der Waals surface area contributed by atoms with Crippen LogP contribution in [0.4, 0.5) is 5.69 Å². The Kier molecular flexibility index (Phi) is 9.84. The highest BCUT2D eigenvalue weighted by molar-refractivity contribution is 7.92. The zero-order chi connectivity index (χ0) is 24.8. The lowest BCUT2D eigenvalue weighted by molar-refractivity contribution is -0.140. The zero-order valence-electron chi connectivity index (χ0n) is 18.5. The fourth-order valence-corrected chi connectivity index (χ4v) is 4.92. The molecule has 0 saturated carbocycles. The Hall–Kier alpha value is -2.00. The number of benzene rings is 2. The molecular formula is C22H26Cl3N3O4S. The second-order valence-corrected chi connectivity index (χ2v) is 10.5. The van der Waals surface area contributed by atoms with Crippen molar-refractivity contribution in [1.29, 1.82) is 0 Å². The molecule has 180 valence electrons. The second-order valence-electron chi connectivity index (χ2n) is 7.30. The summed E-state index contributed by atoms with van der Waals surface area (Å²) in [6, 6.07) is 10.4. The molecule has 2 amide bonds. The molecule has 11 heteroatoms. The van der Waals surface area contributed by atoms with Gasteiger partial charge >= 0.3 is 0 Å². The number of likely N-dealkylation sites (N-methyl/N-ethyl adjacent to an activating group) is 1. The molecule has 0 bridgehead atoms. The monoisotopic (exact) mass is 533 g/mol. The maximum atomic E-state index is 13.5. The van der Waals surface area contributed by atoms with Crippen molar-refractivity contribution in [2.24, 2.45) is 0 Å². The van der Waals surface area contributed by atoms with Gasteiger partial charge in [-0.15, -0.1) is 0 Å². The Bertz CT molecular complexity index is 1110. The molecule has 2 rings (SSSR count). The van der Waals surface area contributed by atoms with Gasteiger partial charge in [0.2, 0.25) is 21.8 Å². The number of halogens is 3. The Morgan fingerprint density at radius 3 is 2.24 bits per heavy atom. The third kappa shape index (κ3) is 7.24. The molecular weight excluding hydrogens is 509 g/mol. The quantitative estimate of drug-likeness (QED) is 0.491. The summed E-state index contributed by atoms with van der Waals surface area (Å²) in [7, 11) is -3.89. The van der Waals surface area contributed by atoms with Gasteiger partial charge in [0.05, 0.1) is 17.0 Å². The van der Waals surface area contributed by atoms with Gasteiger partial charge in [-0.3, -0.25) is 13.9 Å². The summed E-state index contributed by atoms with van der Waals surface area (Å²) >= 11 is 18.5. The minimum atomic E-state index is -3.89. The Morgan fingerprint density at radius 1 is 1.03 bits per heavy atom. The molecule has 0 aromatic heterocycles. The molecule has 2 aromatic rings. The maximum absolute atomic E-state index is 13.5. The highest BCUT2D eigenvalue weighted by atomic mass is 35.5. The number of amides is 2. The summed E-state index contributed by atoms with van der Waals surface area (Å²) < 4.78 is 26.1. The average Bonchev–Trinajstić information content (AvgIpc) is 2.73. The molecule has 1 N–H and O–H groups in total. The number of anilines is 1. The summed E-state index contributed by atoms with van der Waals surface area (Å²) in [6.45, 7) is 3.41. The van der Waals surface area contributed by atoms with E-state index in [-0.39, 0.29) is 23.2 Å². The van der Waals surface area contributed by atoms with Crippen molar-refractivity contribution < 1.29 is 18.0 Å². The summed E-state index contributed by atoms with van der Waals surface area (Å²) in [5.74, 6) is -0.916. The second kappa shape index (κ2) is 11.9. The van der Waals surface area contributed by atoms with Gasteiger partial charge in [-0.05, 0) is 43.2 Å². The van der Waals surface area contributed by atoms with Gasteiger partial charge in [-0.25, -0.2) is 8.42 Å². The number of nitrogens with one attached hydrogen (secondary N) is 1. The van der Waals surface area contributed by atoms with Crippen LogP contribution >= 0.6 is 34.8 Å². The van der Waals surface area contributed by atoms with E-state index in [1.807, 2.05) is 0 Å². The van der Waals surface area contributed by atoms with E-state index in [9.17, 15) is 18.0 Å². The van der Waals surface area contributed by atoms with Crippen LogP contribution in [0.2, 0.25) is 15.1 Å². The number of nitrogens with zero attached hydrogens (tertiary/aromatic N) is 2. The lowest BCUT2D eigenvalue weighted by Crippen LogP contribution is -2.52. The van der Waals surface area contributed by atoms with Crippen LogP contribution in [0.25, 0.3) is 0 Å². The topological polar surface area (TPSA) is 86.8 Å². The van der Waals surface area contributed by atoms with Crippen molar-refractivity contribution in [2.75, 3.05) is 23.7 Å². The number of hydrogen-bond donors (Lipinski definition) is 1. The smallest absolute Gasteiger partial charge is 0.244 e. The molecule has 0 fully saturated rings. The Balaban J connectivity index is 2.48. The van der Waals surface area contributed by atoms with E-state index in [1.54, 1.807) is 38.1 Å². The third-order valence-corrected chi connectivity index (χ3v) is 6.93. The lowest BCUT2D eigenvalue weighted by atomic mass is 10.1. The van der Waals surface area contributed by atoms with Crippen LogP contribution in [-0.4, -0.2) is 50.5 Å². The van der Waals surface area contributed by atoms with Crippen LogP contribution in [0, 0.1) is 0 Å². The van der Waals surface area contributed by atoms with Crippen molar-refractivity contribution in [2.45, 2.75) is 32.9 Å². The molecule has 33 heavy (non-hydrogen) atoms. The summed E-state index contributed by atoms with van der Waals surface area (Å²) in [6.07, 6.45) is 1.30. The minimum absolute atomic E-state index is 0.0279. The number of carbonyl (C=O) groups is 2. The van der Waals surface area contributed by atoms with Gasteiger partial charge < -0.3 is 10.2 Å². The van der Waals surface area contributed by atoms with Gasteiger partial charge in [0.1, 0.15) is 12.6 Å². The predicted molar refractivity (Wildman–Crippen MR) is 133 cm³/mol. The normalized spacial score (nSPS) is 12.2.